The van der Waals surface area contributed by atoms with Gasteiger partial charge in [-0.1, -0.05) is 0 Å². The Morgan fingerprint density at radius 3 is 1.53 bits per heavy atom. The maximum absolute atomic E-state index is 11.7. The molecule has 0 unspecified atom stereocenters. The van der Waals surface area contributed by atoms with Gasteiger partial charge in [0.15, 0.2) is 0 Å². The minimum absolute atomic E-state index is 0. The quantitative estimate of drug-likeness (QED) is 0.393. The predicted octanol–water partition coefficient (Wildman–Crippen LogP) is 2.01. The fourth-order valence-corrected chi connectivity index (χ4v) is 12.4. The van der Waals surface area contributed by atoms with Gasteiger partial charge >= 0.3 is 116 Å². The van der Waals surface area contributed by atoms with Crippen molar-refractivity contribution >= 4 is 19.5 Å². The number of carbonyl (C=O) groups is 1. The van der Waals surface area contributed by atoms with E-state index in [0.717, 1.165) is 5.21 Å². The van der Waals surface area contributed by atoms with Crippen LogP contribution in [0.25, 0.3) is 0 Å². The van der Waals surface area contributed by atoms with Gasteiger partial charge in [-0.15, -0.1) is 0 Å². The molecule has 0 aromatic rings. The topological polar surface area (TPSA) is 26.3 Å². The third kappa shape index (κ3) is 9.96. The second-order valence-corrected chi connectivity index (χ2v) is 14.4. The van der Waals surface area contributed by atoms with Crippen LogP contribution in [0.15, 0.2) is 0 Å². The van der Waals surface area contributed by atoms with Gasteiger partial charge in [-0.05, 0) is 0 Å². The Kier molecular flexibility index (Phi) is 15.5. The molecule has 0 aromatic heterocycles. The van der Waals surface area contributed by atoms with Gasteiger partial charge in [-0.3, -0.25) is 0 Å². The van der Waals surface area contributed by atoms with Gasteiger partial charge in [-0.2, -0.15) is 0 Å². The van der Waals surface area contributed by atoms with Gasteiger partial charge in [0.2, 0.25) is 0 Å². The fourth-order valence-electron chi connectivity index (χ4n) is 2.39. The third-order valence-corrected chi connectivity index (χ3v) is 13.6. The van der Waals surface area contributed by atoms with E-state index in [9.17, 15) is 4.79 Å². The minimum Gasteiger partial charge on any atom is -1.00 e. The van der Waals surface area contributed by atoms with E-state index in [0.29, 0.717) is 0 Å². The van der Waals surface area contributed by atoms with Gasteiger partial charge in [-0.25, -0.2) is 0 Å². The van der Waals surface area contributed by atoms with E-state index in [2.05, 4.69) is 20.8 Å². The molecule has 0 saturated heterocycles. The van der Waals surface area contributed by atoms with Gasteiger partial charge in [0.05, 0.1) is 0 Å². The Hall–Kier alpha value is 0.508. The van der Waals surface area contributed by atoms with Crippen molar-refractivity contribution in [2.45, 2.75) is 80.1 Å². The van der Waals surface area contributed by atoms with Crippen LogP contribution in [0.4, 0.5) is 0 Å². The molecule has 0 heterocycles. The van der Waals surface area contributed by atoms with E-state index in [4.69, 9.17) is 4.74 Å². The summed E-state index contributed by atoms with van der Waals surface area (Å²) in [4.78, 5) is 11.7. The maximum Gasteiger partial charge on any atom is -1.00 e. The van der Waals surface area contributed by atoms with Crippen molar-refractivity contribution in [1.82, 2.24) is 0 Å². The Morgan fingerprint density at radius 1 is 0.895 bits per heavy atom. The summed E-state index contributed by atoms with van der Waals surface area (Å²) in [6.07, 6.45) is 7.67. The number of rotatable bonds is 11. The Bertz CT molecular complexity index is 200. The number of hydrogen-bond acceptors (Lipinski definition) is 2. The SMILES string of the molecule is CCCC[As+](CCCC)(CCCC)CC(=O)OC.[Br-]. The van der Waals surface area contributed by atoms with Crippen LogP contribution in [0.2, 0.25) is 20.8 Å². The zero-order valence-electron chi connectivity index (χ0n) is 13.2. The van der Waals surface area contributed by atoms with Crippen molar-refractivity contribution in [3.8, 4) is 0 Å². The molecule has 2 nitrogen and oxygen atoms in total. The van der Waals surface area contributed by atoms with Crippen molar-refractivity contribution in [2.24, 2.45) is 0 Å². The summed E-state index contributed by atoms with van der Waals surface area (Å²) < 4.78 is 4.95. The van der Waals surface area contributed by atoms with E-state index >= 15 is 0 Å². The number of hydrogen-bond donors (Lipinski definition) is 0. The summed E-state index contributed by atoms with van der Waals surface area (Å²) >= 11 is -1.80. The number of halogens is 1. The molecule has 4 heteroatoms. The molecule has 0 amide bonds. The average molecular weight is 399 g/mol. The molecule has 0 aromatic carbocycles. The van der Waals surface area contributed by atoms with E-state index in [1.807, 2.05) is 0 Å². The normalized spacial score (nSPS) is 10.9. The molecule has 0 spiro atoms. The second-order valence-electron chi connectivity index (χ2n) is 5.31. The van der Waals surface area contributed by atoms with Crippen molar-refractivity contribution < 1.29 is 26.5 Å². The molecule has 0 aliphatic heterocycles. The van der Waals surface area contributed by atoms with Crippen LogP contribution in [-0.4, -0.2) is 26.6 Å². The molecule has 0 atom stereocenters. The number of ether oxygens (including phenoxy) is 1. The average Bonchev–Trinajstić information content (AvgIpc) is 2.40. The molecule has 0 aliphatic rings. The molecule has 0 rings (SSSR count). The second kappa shape index (κ2) is 13.5. The van der Waals surface area contributed by atoms with Crippen molar-refractivity contribution in [1.29, 1.82) is 0 Å². The summed E-state index contributed by atoms with van der Waals surface area (Å²) in [6, 6.07) is 0. The van der Waals surface area contributed by atoms with Crippen molar-refractivity contribution in [3.05, 3.63) is 0 Å². The van der Waals surface area contributed by atoms with Gasteiger partial charge in [0.25, 0.3) is 0 Å². The number of esters is 1. The van der Waals surface area contributed by atoms with Crippen LogP contribution < -0.4 is 17.0 Å². The first-order valence-electron chi connectivity index (χ1n) is 7.56. The Morgan fingerprint density at radius 2 is 1.26 bits per heavy atom. The zero-order chi connectivity index (χ0) is 13.9. The number of methoxy groups -OCH3 is 1. The molecular formula is C15H32AsBrO2. The van der Waals surface area contributed by atoms with Crippen LogP contribution in [0.5, 0.6) is 0 Å². The molecular weight excluding hydrogens is 367 g/mol. The molecule has 19 heavy (non-hydrogen) atoms. The Balaban J connectivity index is 0. The molecule has 0 N–H and O–H groups in total. The molecule has 0 fully saturated rings. The zero-order valence-corrected chi connectivity index (χ0v) is 16.7. The van der Waals surface area contributed by atoms with Crippen LogP contribution in [0.1, 0.15) is 59.3 Å². The first-order chi connectivity index (χ1) is 8.64. The number of unbranched alkanes of at least 4 members (excludes halogenated alkanes) is 3. The summed E-state index contributed by atoms with van der Waals surface area (Å²) in [5.74, 6) is 0.0470. The van der Waals surface area contributed by atoms with E-state index < -0.39 is 13.6 Å². The first-order valence-corrected chi connectivity index (χ1v) is 12.9. The van der Waals surface area contributed by atoms with Crippen LogP contribution in [0, 0.1) is 0 Å². The largest absolute Gasteiger partial charge is 1.00 e. The summed E-state index contributed by atoms with van der Waals surface area (Å²) in [5, 5.41) is 4.84. The molecule has 116 valence electrons. The van der Waals surface area contributed by atoms with Crippen molar-refractivity contribution in [2.75, 3.05) is 7.11 Å². The fraction of sp³-hybridized carbons (Fsp3) is 0.933. The van der Waals surface area contributed by atoms with E-state index in [1.54, 1.807) is 0 Å². The predicted molar refractivity (Wildman–Crippen MR) is 81.7 cm³/mol. The van der Waals surface area contributed by atoms with Crippen molar-refractivity contribution in [3.63, 3.8) is 0 Å². The van der Waals surface area contributed by atoms with E-state index in [-0.39, 0.29) is 23.0 Å². The summed E-state index contributed by atoms with van der Waals surface area (Å²) in [5.41, 5.74) is 0. The minimum atomic E-state index is -1.80. The Labute approximate surface area is 133 Å². The van der Waals surface area contributed by atoms with Crippen LogP contribution in [0.3, 0.4) is 0 Å². The monoisotopic (exact) mass is 398 g/mol. The summed E-state index contributed by atoms with van der Waals surface area (Å²) in [6.45, 7) is 6.76. The summed E-state index contributed by atoms with van der Waals surface area (Å²) in [7, 11) is 1.53. The molecule has 0 radical (unpaired) electrons. The molecule has 0 saturated carbocycles. The van der Waals surface area contributed by atoms with Crippen LogP contribution >= 0.6 is 0 Å². The third-order valence-electron chi connectivity index (χ3n) is 3.65. The van der Waals surface area contributed by atoms with Gasteiger partial charge in [0.1, 0.15) is 0 Å². The van der Waals surface area contributed by atoms with Crippen LogP contribution in [-0.2, 0) is 9.53 Å². The standard InChI is InChI=1S/C15H32AsO2.BrH/c1-5-8-11-16(12-9-6-2,13-10-7-3)14-15(17)18-4;/h5-14H2,1-4H3;1H/q+1;/p-1. The molecule has 0 aliphatic carbocycles. The number of carbonyl (C=O) groups excluding carboxylic acids is 1. The van der Waals surface area contributed by atoms with E-state index in [1.165, 1.54) is 61.3 Å². The van der Waals surface area contributed by atoms with Gasteiger partial charge in [0, 0.05) is 0 Å². The maximum atomic E-state index is 11.7. The molecule has 0 bridgehead atoms. The van der Waals surface area contributed by atoms with Gasteiger partial charge < -0.3 is 17.0 Å². The first kappa shape index (κ1) is 21.8. The smallest absolute Gasteiger partial charge is 1.00 e.